The molecule has 0 radical (unpaired) electrons. The van der Waals surface area contributed by atoms with Gasteiger partial charge in [-0.2, -0.15) is 0 Å². The monoisotopic (exact) mass is 237 g/mol. The van der Waals surface area contributed by atoms with Crippen molar-refractivity contribution >= 4 is 29.3 Å². The van der Waals surface area contributed by atoms with E-state index in [0.717, 1.165) is 10.6 Å². The first-order valence-electron chi connectivity index (χ1n) is 4.89. The highest BCUT2D eigenvalue weighted by molar-refractivity contribution is 8.01. The quantitative estimate of drug-likeness (QED) is 0.823. The molecule has 2 atom stereocenters. The molecule has 0 aromatic heterocycles. The van der Waals surface area contributed by atoms with Gasteiger partial charge in [-0.3, -0.25) is 9.59 Å². The van der Waals surface area contributed by atoms with Crippen LogP contribution in [0.5, 0.6) is 0 Å². The molecule has 0 bridgehead atoms. The van der Waals surface area contributed by atoms with Crippen molar-refractivity contribution in [2.75, 3.05) is 5.32 Å². The smallest absolute Gasteiger partial charge is 0.307 e. The van der Waals surface area contributed by atoms with Crippen LogP contribution in [-0.2, 0) is 9.59 Å². The van der Waals surface area contributed by atoms with Crippen molar-refractivity contribution in [3.8, 4) is 0 Å². The van der Waals surface area contributed by atoms with Crippen molar-refractivity contribution in [2.24, 2.45) is 5.92 Å². The van der Waals surface area contributed by atoms with Crippen LogP contribution in [0.25, 0.3) is 0 Å². The summed E-state index contributed by atoms with van der Waals surface area (Å²) in [5.41, 5.74) is 0.756. The maximum atomic E-state index is 11.7. The Balaban J connectivity index is 2.28. The summed E-state index contributed by atoms with van der Waals surface area (Å²) in [6.07, 6.45) is 0. The Morgan fingerprint density at radius 3 is 2.88 bits per heavy atom. The van der Waals surface area contributed by atoms with Gasteiger partial charge in [-0.1, -0.05) is 19.1 Å². The summed E-state index contributed by atoms with van der Waals surface area (Å²) in [5.74, 6) is -1.89. The molecule has 1 heterocycles. The van der Waals surface area contributed by atoms with Gasteiger partial charge in [-0.05, 0) is 12.1 Å². The summed E-state index contributed by atoms with van der Waals surface area (Å²) in [6.45, 7) is 1.55. The van der Waals surface area contributed by atoms with Crippen LogP contribution in [0.3, 0.4) is 0 Å². The van der Waals surface area contributed by atoms with Crippen molar-refractivity contribution in [3.05, 3.63) is 24.3 Å². The predicted octanol–water partition coefficient (Wildman–Crippen LogP) is 1.82. The summed E-state index contributed by atoms with van der Waals surface area (Å²) < 4.78 is 0. The standard InChI is InChI=1S/C11H11NO3S/c1-6(11(14)15)9-10(13)12-7-4-2-3-5-8(7)16-9/h2-6,9H,1H3,(H,12,13)(H,14,15)/t6-,9-/m0/s1. The van der Waals surface area contributed by atoms with Crippen molar-refractivity contribution < 1.29 is 14.7 Å². The van der Waals surface area contributed by atoms with Crippen molar-refractivity contribution in [3.63, 3.8) is 0 Å². The fourth-order valence-corrected chi connectivity index (χ4v) is 2.69. The van der Waals surface area contributed by atoms with Crippen LogP contribution in [0.2, 0.25) is 0 Å². The van der Waals surface area contributed by atoms with Gasteiger partial charge in [-0.25, -0.2) is 0 Å². The molecule has 5 heteroatoms. The molecule has 1 amide bonds. The minimum absolute atomic E-state index is 0.237. The Morgan fingerprint density at radius 1 is 1.50 bits per heavy atom. The van der Waals surface area contributed by atoms with E-state index in [1.54, 1.807) is 6.92 Å². The number of hydrogen-bond acceptors (Lipinski definition) is 3. The van der Waals surface area contributed by atoms with Crippen LogP contribution in [0.1, 0.15) is 6.92 Å². The highest BCUT2D eigenvalue weighted by Crippen LogP contribution is 2.38. The molecule has 2 rings (SSSR count). The Kier molecular flexibility index (Phi) is 2.87. The van der Waals surface area contributed by atoms with Gasteiger partial charge in [0.25, 0.3) is 0 Å². The second-order valence-electron chi connectivity index (χ2n) is 3.65. The fourth-order valence-electron chi connectivity index (χ4n) is 1.53. The van der Waals surface area contributed by atoms with Crippen LogP contribution >= 0.6 is 11.8 Å². The number of thioether (sulfide) groups is 1. The van der Waals surface area contributed by atoms with E-state index in [1.165, 1.54) is 11.8 Å². The maximum absolute atomic E-state index is 11.7. The second-order valence-corrected chi connectivity index (χ2v) is 4.83. The maximum Gasteiger partial charge on any atom is 0.307 e. The molecule has 0 saturated carbocycles. The zero-order valence-electron chi connectivity index (χ0n) is 8.64. The number of rotatable bonds is 2. The first-order chi connectivity index (χ1) is 7.59. The van der Waals surface area contributed by atoms with E-state index >= 15 is 0 Å². The largest absolute Gasteiger partial charge is 0.481 e. The lowest BCUT2D eigenvalue weighted by molar-refractivity contribution is -0.142. The third-order valence-electron chi connectivity index (χ3n) is 2.50. The molecule has 4 nitrogen and oxygen atoms in total. The molecule has 0 spiro atoms. The number of hydrogen-bond donors (Lipinski definition) is 2. The minimum atomic E-state index is -0.952. The zero-order valence-corrected chi connectivity index (χ0v) is 9.45. The number of aliphatic carboxylic acids is 1. The van der Waals surface area contributed by atoms with Gasteiger partial charge in [0.15, 0.2) is 0 Å². The number of carboxylic acid groups (broad SMARTS) is 1. The Labute approximate surface area is 97.0 Å². The topological polar surface area (TPSA) is 66.4 Å². The zero-order chi connectivity index (χ0) is 11.7. The molecular weight excluding hydrogens is 226 g/mol. The SMILES string of the molecule is C[C@H](C(=O)O)[C@@H]1Sc2ccccc2NC1=O. The Morgan fingerprint density at radius 2 is 2.19 bits per heavy atom. The number of para-hydroxylation sites is 1. The number of nitrogens with one attached hydrogen (secondary N) is 1. The third kappa shape index (κ3) is 1.90. The van der Waals surface area contributed by atoms with Gasteiger partial charge < -0.3 is 10.4 Å². The van der Waals surface area contributed by atoms with Crippen LogP contribution < -0.4 is 5.32 Å². The van der Waals surface area contributed by atoms with Crippen molar-refractivity contribution in [2.45, 2.75) is 17.1 Å². The summed E-state index contributed by atoms with van der Waals surface area (Å²) in [6, 6.07) is 7.38. The van der Waals surface area contributed by atoms with Gasteiger partial charge in [0.05, 0.1) is 11.6 Å². The first-order valence-corrected chi connectivity index (χ1v) is 5.77. The summed E-state index contributed by atoms with van der Waals surface area (Å²) in [4.78, 5) is 23.5. The summed E-state index contributed by atoms with van der Waals surface area (Å²) >= 11 is 1.31. The second kappa shape index (κ2) is 4.17. The third-order valence-corrected chi connectivity index (χ3v) is 3.99. The number of anilines is 1. The van der Waals surface area contributed by atoms with Crippen LogP contribution in [0, 0.1) is 5.92 Å². The van der Waals surface area contributed by atoms with Gasteiger partial charge >= 0.3 is 5.97 Å². The van der Waals surface area contributed by atoms with E-state index < -0.39 is 17.1 Å². The molecule has 1 aliphatic rings. The lowest BCUT2D eigenvalue weighted by Crippen LogP contribution is -2.37. The van der Waals surface area contributed by atoms with Crippen LogP contribution in [0.15, 0.2) is 29.2 Å². The Hall–Kier alpha value is -1.49. The highest BCUT2D eigenvalue weighted by atomic mass is 32.2. The summed E-state index contributed by atoms with van der Waals surface area (Å²) in [7, 11) is 0. The lowest BCUT2D eigenvalue weighted by atomic mass is 10.1. The molecule has 0 fully saturated rings. The Bertz CT molecular complexity index is 447. The number of carbonyl (C=O) groups excluding carboxylic acids is 1. The molecule has 1 aliphatic heterocycles. The number of benzene rings is 1. The van der Waals surface area contributed by atoms with Gasteiger partial charge in [0.1, 0.15) is 5.25 Å². The van der Waals surface area contributed by atoms with E-state index in [9.17, 15) is 9.59 Å². The van der Waals surface area contributed by atoms with Gasteiger partial charge in [0.2, 0.25) is 5.91 Å². The van der Waals surface area contributed by atoms with E-state index in [2.05, 4.69) is 5.32 Å². The molecule has 16 heavy (non-hydrogen) atoms. The van der Waals surface area contributed by atoms with Crippen molar-refractivity contribution in [1.82, 2.24) is 0 Å². The molecule has 1 aromatic rings. The van der Waals surface area contributed by atoms with E-state index in [1.807, 2.05) is 24.3 Å². The van der Waals surface area contributed by atoms with Gasteiger partial charge in [-0.15, -0.1) is 11.8 Å². The average molecular weight is 237 g/mol. The highest BCUT2D eigenvalue weighted by Gasteiger charge is 2.34. The van der Waals surface area contributed by atoms with E-state index in [4.69, 9.17) is 5.11 Å². The molecule has 0 saturated heterocycles. The number of fused-ring (bicyclic) bond motifs is 1. The number of carboxylic acids is 1. The summed E-state index contributed by atoms with van der Waals surface area (Å²) in [5, 5.41) is 11.1. The lowest BCUT2D eigenvalue weighted by Gasteiger charge is -2.26. The number of amides is 1. The molecule has 1 aromatic carbocycles. The molecule has 0 unspecified atom stereocenters. The average Bonchev–Trinajstić information content (AvgIpc) is 2.27. The molecule has 0 aliphatic carbocycles. The first kappa shape index (κ1) is 11.0. The molecule has 2 N–H and O–H groups in total. The van der Waals surface area contributed by atoms with Crippen molar-refractivity contribution in [1.29, 1.82) is 0 Å². The number of carbonyl (C=O) groups is 2. The predicted molar refractivity (Wildman–Crippen MR) is 61.5 cm³/mol. The van der Waals surface area contributed by atoms with E-state index in [0.29, 0.717) is 0 Å². The normalized spacial score (nSPS) is 20.8. The van der Waals surface area contributed by atoms with Crippen LogP contribution in [-0.4, -0.2) is 22.2 Å². The molecular formula is C11H11NO3S. The van der Waals surface area contributed by atoms with Crippen LogP contribution in [0.4, 0.5) is 5.69 Å². The minimum Gasteiger partial charge on any atom is -0.481 e. The fraction of sp³-hybridized carbons (Fsp3) is 0.273. The van der Waals surface area contributed by atoms with Gasteiger partial charge in [0, 0.05) is 4.90 Å². The van der Waals surface area contributed by atoms with E-state index in [-0.39, 0.29) is 5.91 Å². The molecule has 84 valence electrons.